The smallest absolute Gasteiger partial charge is 0.174 e. The Morgan fingerprint density at radius 1 is 1.19 bits per heavy atom. The molecule has 0 bridgehead atoms. The number of nitrogens with zero attached hydrogens (tertiary/aromatic N) is 2. The molecule has 2 saturated heterocycles. The molecule has 4 heteroatoms. The fraction of sp³-hybridized carbons (Fsp3) is 0.588. The van der Waals surface area contributed by atoms with E-state index in [1.54, 1.807) is 0 Å². The lowest BCUT2D eigenvalue weighted by molar-refractivity contribution is 0.180. The van der Waals surface area contributed by atoms with E-state index in [0.717, 1.165) is 18.3 Å². The normalized spacial score (nSPS) is 25.3. The summed E-state index contributed by atoms with van der Waals surface area (Å²) in [6.07, 6.45) is 5.37. The van der Waals surface area contributed by atoms with E-state index >= 15 is 0 Å². The lowest BCUT2D eigenvalue weighted by Crippen LogP contribution is -2.44. The molecular formula is C17H23N3O. The zero-order chi connectivity index (χ0) is 14.5. The van der Waals surface area contributed by atoms with E-state index in [4.69, 9.17) is 10.00 Å². The highest BCUT2D eigenvalue weighted by Gasteiger charge is 2.34. The number of fused-ring (bicyclic) bond motifs is 1. The van der Waals surface area contributed by atoms with Crippen LogP contribution >= 0.6 is 0 Å². The number of benzene rings is 1. The van der Waals surface area contributed by atoms with Gasteiger partial charge in [0, 0.05) is 25.2 Å². The first-order valence-electron chi connectivity index (χ1n) is 7.93. The number of rotatable bonds is 5. The zero-order valence-corrected chi connectivity index (χ0v) is 12.4. The Kier molecular flexibility index (Phi) is 4.74. The van der Waals surface area contributed by atoms with Crippen molar-refractivity contribution < 1.29 is 4.74 Å². The van der Waals surface area contributed by atoms with Gasteiger partial charge in [-0.15, -0.1) is 0 Å². The molecule has 0 aromatic heterocycles. The third kappa shape index (κ3) is 3.55. The monoisotopic (exact) mass is 285 g/mol. The molecule has 2 aliphatic rings. The fourth-order valence-electron chi connectivity index (χ4n) is 3.55. The van der Waals surface area contributed by atoms with Gasteiger partial charge in [-0.25, -0.2) is 0 Å². The van der Waals surface area contributed by atoms with Gasteiger partial charge in [0.05, 0.1) is 0 Å². The lowest BCUT2D eigenvalue weighted by Gasteiger charge is -2.32. The van der Waals surface area contributed by atoms with E-state index in [1.807, 2.05) is 18.2 Å². The van der Waals surface area contributed by atoms with Crippen LogP contribution in [0.1, 0.15) is 31.2 Å². The van der Waals surface area contributed by atoms with Gasteiger partial charge < -0.3 is 10.1 Å². The number of nitrogens with one attached hydrogen (secondary N) is 1. The van der Waals surface area contributed by atoms with Gasteiger partial charge in [0.15, 0.2) is 6.61 Å². The predicted molar refractivity (Wildman–Crippen MR) is 82.0 cm³/mol. The molecule has 0 aliphatic carbocycles. The number of nitriles is 1. The highest BCUT2D eigenvalue weighted by atomic mass is 16.5. The summed E-state index contributed by atoms with van der Waals surface area (Å²) >= 11 is 0. The summed E-state index contributed by atoms with van der Waals surface area (Å²) in [5.41, 5.74) is 1.27. The molecule has 2 fully saturated rings. The number of hydrogen-bond acceptors (Lipinski definition) is 4. The van der Waals surface area contributed by atoms with Crippen molar-refractivity contribution in [1.29, 1.82) is 5.26 Å². The van der Waals surface area contributed by atoms with Crippen LogP contribution < -0.4 is 10.1 Å². The Morgan fingerprint density at radius 3 is 2.86 bits per heavy atom. The zero-order valence-electron chi connectivity index (χ0n) is 12.4. The molecule has 0 spiro atoms. The minimum Gasteiger partial charge on any atom is -0.479 e. The second kappa shape index (κ2) is 6.93. The number of hydrogen-bond donors (Lipinski definition) is 1. The highest BCUT2D eigenvalue weighted by molar-refractivity contribution is 5.27. The van der Waals surface area contributed by atoms with E-state index in [-0.39, 0.29) is 6.61 Å². The molecule has 0 saturated carbocycles. The second-order valence-corrected chi connectivity index (χ2v) is 5.97. The predicted octanol–water partition coefficient (Wildman–Crippen LogP) is 2.31. The molecule has 2 aliphatic heterocycles. The van der Waals surface area contributed by atoms with Crippen molar-refractivity contribution in [3.8, 4) is 11.8 Å². The summed E-state index contributed by atoms with van der Waals surface area (Å²) in [5, 5.41) is 12.2. The van der Waals surface area contributed by atoms with Gasteiger partial charge in [-0.05, 0) is 43.5 Å². The molecule has 0 radical (unpaired) electrons. The Hall–Kier alpha value is -1.57. The average Bonchev–Trinajstić information content (AvgIpc) is 2.95. The van der Waals surface area contributed by atoms with Crippen LogP contribution in [0.5, 0.6) is 5.75 Å². The van der Waals surface area contributed by atoms with Crippen molar-refractivity contribution in [1.82, 2.24) is 10.2 Å². The molecule has 2 atom stereocenters. The molecule has 2 heterocycles. The summed E-state index contributed by atoms with van der Waals surface area (Å²) in [6, 6.07) is 11.4. The molecular weight excluding hydrogens is 262 g/mol. The maximum atomic E-state index is 8.49. The third-order valence-corrected chi connectivity index (χ3v) is 4.65. The van der Waals surface area contributed by atoms with E-state index in [0.29, 0.717) is 6.04 Å². The molecule has 3 rings (SSSR count). The summed E-state index contributed by atoms with van der Waals surface area (Å²) in [4.78, 5) is 2.65. The molecule has 21 heavy (non-hydrogen) atoms. The average molecular weight is 285 g/mol. The maximum absolute atomic E-state index is 8.49. The molecule has 4 nitrogen and oxygen atoms in total. The molecule has 1 aromatic carbocycles. The Labute approximate surface area is 126 Å². The van der Waals surface area contributed by atoms with E-state index < -0.39 is 0 Å². The molecule has 0 amide bonds. The summed E-state index contributed by atoms with van der Waals surface area (Å²) in [5.74, 6) is 0.764. The SMILES string of the molecule is N#CCOc1ccc(CNC2CCN3CCCCC23)cc1. The first kappa shape index (κ1) is 14.4. The van der Waals surface area contributed by atoms with E-state index in [2.05, 4.69) is 22.3 Å². The van der Waals surface area contributed by atoms with Gasteiger partial charge in [0.25, 0.3) is 0 Å². The Morgan fingerprint density at radius 2 is 2.05 bits per heavy atom. The largest absolute Gasteiger partial charge is 0.479 e. The Balaban J connectivity index is 1.50. The second-order valence-electron chi connectivity index (χ2n) is 5.97. The van der Waals surface area contributed by atoms with Crippen molar-refractivity contribution in [2.45, 2.75) is 44.3 Å². The van der Waals surface area contributed by atoms with Crippen LogP contribution in [-0.4, -0.2) is 36.7 Å². The molecule has 1 N–H and O–H groups in total. The third-order valence-electron chi connectivity index (χ3n) is 4.65. The molecule has 112 valence electrons. The van der Waals surface area contributed by atoms with Crippen molar-refractivity contribution >= 4 is 0 Å². The molecule has 1 aromatic rings. The Bertz CT molecular complexity index is 494. The van der Waals surface area contributed by atoms with Gasteiger partial charge in [0.2, 0.25) is 0 Å². The number of piperidine rings is 1. The van der Waals surface area contributed by atoms with Crippen molar-refractivity contribution in [3.05, 3.63) is 29.8 Å². The maximum Gasteiger partial charge on any atom is 0.174 e. The first-order chi connectivity index (χ1) is 10.4. The van der Waals surface area contributed by atoms with E-state index in [9.17, 15) is 0 Å². The summed E-state index contributed by atoms with van der Waals surface area (Å²) < 4.78 is 5.27. The van der Waals surface area contributed by atoms with Gasteiger partial charge in [-0.1, -0.05) is 18.6 Å². The van der Waals surface area contributed by atoms with Crippen molar-refractivity contribution in [3.63, 3.8) is 0 Å². The van der Waals surface area contributed by atoms with Crippen LogP contribution in [0, 0.1) is 11.3 Å². The lowest BCUT2D eigenvalue weighted by atomic mass is 9.99. The van der Waals surface area contributed by atoms with Crippen LogP contribution in [0.15, 0.2) is 24.3 Å². The van der Waals surface area contributed by atoms with E-state index in [1.165, 1.54) is 44.3 Å². The van der Waals surface area contributed by atoms with Crippen molar-refractivity contribution in [2.24, 2.45) is 0 Å². The van der Waals surface area contributed by atoms with Crippen molar-refractivity contribution in [2.75, 3.05) is 19.7 Å². The minimum atomic E-state index is 0.108. The van der Waals surface area contributed by atoms with Crippen LogP contribution in [0.25, 0.3) is 0 Å². The minimum absolute atomic E-state index is 0.108. The van der Waals surface area contributed by atoms with Crippen LogP contribution in [0.2, 0.25) is 0 Å². The summed E-state index contributed by atoms with van der Waals surface area (Å²) in [7, 11) is 0. The van der Waals surface area contributed by atoms with Gasteiger partial charge in [-0.2, -0.15) is 5.26 Å². The fourth-order valence-corrected chi connectivity index (χ4v) is 3.55. The van der Waals surface area contributed by atoms with Gasteiger partial charge in [-0.3, -0.25) is 4.90 Å². The highest BCUT2D eigenvalue weighted by Crippen LogP contribution is 2.27. The standard InChI is InChI=1S/C17H23N3O/c18-9-12-21-15-6-4-14(5-7-15)13-19-16-8-11-20-10-2-1-3-17(16)20/h4-7,16-17,19H,1-3,8,10-13H2. The van der Waals surface area contributed by atoms with Crippen LogP contribution in [-0.2, 0) is 6.54 Å². The topological polar surface area (TPSA) is 48.3 Å². The summed E-state index contributed by atoms with van der Waals surface area (Å²) in [6.45, 7) is 3.56. The van der Waals surface area contributed by atoms with Crippen LogP contribution in [0.4, 0.5) is 0 Å². The van der Waals surface area contributed by atoms with Crippen LogP contribution in [0.3, 0.4) is 0 Å². The van der Waals surface area contributed by atoms with Gasteiger partial charge >= 0.3 is 0 Å². The quantitative estimate of drug-likeness (QED) is 0.902. The molecule has 2 unspecified atom stereocenters. The van der Waals surface area contributed by atoms with Gasteiger partial charge in [0.1, 0.15) is 11.8 Å². The number of ether oxygens (including phenoxy) is 1. The first-order valence-corrected chi connectivity index (χ1v) is 7.93.